The summed E-state index contributed by atoms with van der Waals surface area (Å²) >= 11 is 5.81. The summed E-state index contributed by atoms with van der Waals surface area (Å²) in [7, 11) is 0. The topological polar surface area (TPSA) is 55.1 Å². The van der Waals surface area contributed by atoms with E-state index in [2.05, 4.69) is 5.10 Å². The highest BCUT2D eigenvalue weighted by atomic mass is 35.5. The van der Waals surface area contributed by atoms with Crippen LogP contribution in [-0.2, 0) is 11.3 Å². The summed E-state index contributed by atoms with van der Waals surface area (Å²) in [5, 5.41) is 13.5. The largest absolute Gasteiger partial charge is 0.481 e. The number of aromatic nitrogens is 2. The molecule has 0 saturated heterocycles. The van der Waals surface area contributed by atoms with Gasteiger partial charge in [-0.25, -0.2) is 0 Å². The van der Waals surface area contributed by atoms with Crippen molar-refractivity contribution in [1.29, 1.82) is 0 Å². The third-order valence-electron chi connectivity index (χ3n) is 2.17. The van der Waals surface area contributed by atoms with Crippen molar-refractivity contribution in [3.05, 3.63) is 16.9 Å². The summed E-state index contributed by atoms with van der Waals surface area (Å²) in [6.07, 6.45) is 1.52. The second-order valence-corrected chi connectivity index (χ2v) is 4.33. The molecule has 78 valence electrons. The molecule has 0 unspecified atom stereocenters. The monoisotopic (exact) mass is 216 g/mol. The normalized spacial score (nSPS) is 11.7. The minimum atomic E-state index is -0.844. The molecule has 1 N–H and O–H groups in total. The van der Waals surface area contributed by atoms with E-state index in [4.69, 9.17) is 16.7 Å². The van der Waals surface area contributed by atoms with E-state index < -0.39 is 11.4 Å². The standard InChI is InChI=1S/C9H13ClN2O2/c1-6-7(10)4-11-12(6)5-9(2,3)8(13)14/h4H,5H2,1-3H3,(H,13,14). The second kappa shape index (κ2) is 3.61. The maximum atomic E-state index is 10.9. The van der Waals surface area contributed by atoms with Crippen LogP contribution in [0.4, 0.5) is 0 Å². The second-order valence-electron chi connectivity index (χ2n) is 3.92. The van der Waals surface area contributed by atoms with Crippen molar-refractivity contribution in [2.75, 3.05) is 0 Å². The highest BCUT2D eigenvalue weighted by Crippen LogP contribution is 2.21. The summed E-state index contributed by atoms with van der Waals surface area (Å²) in [6.45, 7) is 5.45. The van der Waals surface area contributed by atoms with Crippen molar-refractivity contribution in [1.82, 2.24) is 9.78 Å². The molecule has 0 amide bonds. The fourth-order valence-corrected chi connectivity index (χ4v) is 1.17. The van der Waals surface area contributed by atoms with E-state index in [0.29, 0.717) is 11.6 Å². The van der Waals surface area contributed by atoms with Gasteiger partial charge >= 0.3 is 5.97 Å². The first-order chi connectivity index (χ1) is 6.34. The van der Waals surface area contributed by atoms with Gasteiger partial charge in [0.2, 0.25) is 0 Å². The molecule has 0 bridgehead atoms. The minimum Gasteiger partial charge on any atom is -0.481 e. The molecule has 0 fully saturated rings. The van der Waals surface area contributed by atoms with E-state index in [9.17, 15) is 4.79 Å². The van der Waals surface area contributed by atoms with E-state index in [0.717, 1.165) is 5.69 Å². The molecule has 0 radical (unpaired) electrons. The average molecular weight is 217 g/mol. The number of nitrogens with zero attached hydrogens (tertiary/aromatic N) is 2. The van der Waals surface area contributed by atoms with Gasteiger partial charge in [-0.1, -0.05) is 11.6 Å². The van der Waals surface area contributed by atoms with E-state index >= 15 is 0 Å². The third-order valence-corrected chi connectivity index (χ3v) is 2.54. The number of halogens is 1. The van der Waals surface area contributed by atoms with Crippen LogP contribution in [0, 0.1) is 12.3 Å². The molecule has 1 aromatic rings. The van der Waals surface area contributed by atoms with Crippen LogP contribution in [0.1, 0.15) is 19.5 Å². The van der Waals surface area contributed by atoms with Crippen LogP contribution < -0.4 is 0 Å². The Kier molecular flexibility index (Phi) is 2.85. The SMILES string of the molecule is Cc1c(Cl)cnn1CC(C)(C)C(=O)O. The zero-order valence-electron chi connectivity index (χ0n) is 8.41. The number of hydrogen-bond donors (Lipinski definition) is 1. The molecule has 5 heteroatoms. The Bertz CT molecular complexity index is 358. The maximum Gasteiger partial charge on any atom is 0.310 e. The molecule has 0 aliphatic rings. The first-order valence-electron chi connectivity index (χ1n) is 4.26. The Morgan fingerprint density at radius 3 is 2.64 bits per heavy atom. The number of carboxylic acids is 1. The average Bonchev–Trinajstić information content (AvgIpc) is 2.35. The van der Waals surface area contributed by atoms with Crippen molar-refractivity contribution < 1.29 is 9.90 Å². The van der Waals surface area contributed by atoms with Crippen molar-refractivity contribution in [3.8, 4) is 0 Å². The number of rotatable bonds is 3. The lowest BCUT2D eigenvalue weighted by atomic mass is 9.94. The van der Waals surface area contributed by atoms with Crippen LogP contribution >= 0.6 is 11.6 Å². The van der Waals surface area contributed by atoms with Crippen LogP contribution in [0.5, 0.6) is 0 Å². The molecule has 0 aromatic carbocycles. The summed E-state index contributed by atoms with van der Waals surface area (Å²) < 4.78 is 1.61. The van der Waals surface area contributed by atoms with Gasteiger partial charge in [-0.15, -0.1) is 0 Å². The van der Waals surface area contributed by atoms with Gasteiger partial charge < -0.3 is 5.11 Å². The quantitative estimate of drug-likeness (QED) is 0.841. The highest BCUT2D eigenvalue weighted by molar-refractivity contribution is 6.31. The Morgan fingerprint density at radius 2 is 2.29 bits per heavy atom. The summed E-state index contributed by atoms with van der Waals surface area (Å²) in [5.74, 6) is -0.844. The lowest BCUT2D eigenvalue weighted by molar-refractivity contribution is -0.147. The lowest BCUT2D eigenvalue weighted by Crippen LogP contribution is -2.30. The van der Waals surface area contributed by atoms with Gasteiger partial charge in [0.25, 0.3) is 0 Å². The summed E-state index contributed by atoms with van der Waals surface area (Å²) in [4.78, 5) is 10.9. The fourth-order valence-electron chi connectivity index (χ4n) is 1.03. The zero-order valence-corrected chi connectivity index (χ0v) is 9.17. The molecule has 1 aromatic heterocycles. The molecule has 4 nitrogen and oxygen atoms in total. The molecule has 0 aliphatic heterocycles. The van der Waals surface area contributed by atoms with Gasteiger partial charge in [0.05, 0.1) is 28.9 Å². The number of carbonyl (C=O) groups is 1. The Hall–Kier alpha value is -1.03. The molecule has 0 saturated carbocycles. The van der Waals surface area contributed by atoms with E-state index in [-0.39, 0.29) is 0 Å². The maximum absolute atomic E-state index is 10.9. The van der Waals surface area contributed by atoms with Crippen molar-refractivity contribution in [2.45, 2.75) is 27.3 Å². The van der Waals surface area contributed by atoms with Crippen molar-refractivity contribution in [2.24, 2.45) is 5.41 Å². The zero-order chi connectivity index (χ0) is 10.9. The minimum absolute atomic E-state index is 0.320. The number of hydrogen-bond acceptors (Lipinski definition) is 2. The van der Waals surface area contributed by atoms with E-state index in [1.54, 1.807) is 18.5 Å². The Labute approximate surface area is 87.5 Å². The van der Waals surface area contributed by atoms with E-state index in [1.165, 1.54) is 6.20 Å². The van der Waals surface area contributed by atoms with Crippen LogP contribution in [0.25, 0.3) is 0 Å². The fraction of sp³-hybridized carbons (Fsp3) is 0.556. The highest BCUT2D eigenvalue weighted by Gasteiger charge is 2.28. The van der Waals surface area contributed by atoms with Crippen LogP contribution in [0.3, 0.4) is 0 Å². The molecular formula is C9H13ClN2O2. The van der Waals surface area contributed by atoms with Crippen LogP contribution in [0.2, 0.25) is 5.02 Å². The van der Waals surface area contributed by atoms with Gasteiger partial charge in [0, 0.05) is 0 Å². The molecule has 0 spiro atoms. The van der Waals surface area contributed by atoms with Gasteiger partial charge in [0.15, 0.2) is 0 Å². The molecule has 1 rings (SSSR count). The summed E-state index contributed by atoms with van der Waals surface area (Å²) in [5.41, 5.74) is -0.0406. The predicted octanol–water partition coefficient (Wildman–Crippen LogP) is 1.96. The molecule has 14 heavy (non-hydrogen) atoms. The molecule has 0 aliphatic carbocycles. The van der Waals surface area contributed by atoms with Crippen molar-refractivity contribution in [3.63, 3.8) is 0 Å². The first kappa shape index (κ1) is 11.0. The van der Waals surface area contributed by atoms with Crippen molar-refractivity contribution >= 4 is 17.6 Å². The number of carboxylic acid groups (broad SMARTS) is 1. The van der Waals surface area contributed by atoms with Gasteiger partial charge in [-0.05, 0) is 20.8 Å². The van der Waals surface area contributed by atoms with Crippen LogP contribution in [0.15, 0.2) is 6.20 Å². The van der Waals surface area contributed by atoms with Gasteiger partial charge in [-0.3, -0.25) is 9.48 Å². The van der Waals surface area contributed by atoms with Gasteiger partial charge in [-0.2, -0.15) is 5.10 Å². The third kappa shape index (κ3) is 2.07. The molecule has 1 heterocycles. The van der Waals surface area contributed by atoms with Gasteiger partial charge in [0.1, 0.15) is 0 Å². The first-order valence-corrected chi connectivity index (χ1v) is 4.63. The molecular weight excluding hydrogens is 204 g/mol. The van der Waals surface area contributed by atoms with E-state index in [1.807, 2.05) is 6.92 Å². The predicted molar refractivity (Wildman–Crippen MR) is 53.4 cm³/mol. The van der Waals surface area contributed by atoms with Crippen LogP contribution in [-0.4, -0.2) is 20.9 Å². The number of aliphatic carboxylic acids is 1. The molecule has 0 atom stereocenters. The lowest BCUT2D eigenvalue weighted by Gasteiger charge is -2.19. The smallest absolute Gasteiger partial charge is 0.310 e. The Balaban J connectivity index is 2.89. The summed E-state index contributed by atoms with van der Waals surface area (Å²) in [6, 6.07) is 0. The Morgan fingerprint density at radius 1 is 1.71 bits per heavy atom.